The third-order valence-corrected chi connectivity index (χ3v) is 5.09. The predicted octanol–water partition coefficient (Wildman–Crippen LogP) is 2.79. The van der Waals surface area contributed by atoms with Gasteiger partial charge in [-0.3, -0.25) is 14.9 Å². The lowest BCUT2D eigenvalue weighted by atomic mass is 9.88. The third kappa shape index (κ3) is 3.97. The maximum Gasteiger partial charge on any atom is 0.549 e. The van der Waals surface area contributed by atoms with Crippen LogP contribution in [0.25, 0.3) is 0 Å². The molecule has 0 unspecified atom stereocenters. The van der Waals surface area contributed by atoms with E-state index in [0.717, 1.165) is 24.0 Å². The van der Waals surface area contributed by atoms with E-state index in [9.17, 15) is 19.7 Å². The molecule has 2 aromatic carbocycles. The average molecular weight is 369 g/mol. The number of benzene rings is 2. The van der Waals surface area contributed by atoms with Gasteiger partial charge < -0.3 is 10.0 Å². The fourth-order valence-electron chi connectivity index (χ4n) is 3.45. The number of hydrogen-bond acceptors (Lipinski definition) is 4. The third-order valence-electron chi connectivity index (χ3n) is 5.09. The van der Waals surface area contributed by atoms with Gasteiger partial charge in [-0.1, -0.05) is 18.2 Å². The minimum absolute atomic E-state index is 0.0807. The molecule has 0 saturated carbocycles. The Bertz CT molecular complexity index is 884. The van der Waals surface area contributed by atoms with Crippen LogP contribution in [0.2, 0.25) is 0 Å². The Morgan fingerprint density at radius 3 is 2.30 bits per heavy atom. The van der Waals surface area contributed by atoms with Gasteiger partial charge in [-0.25, -0.2) is 0 Å². The number of likely N-dealkylation sites (tertiary alicyclic amines) is 1. The molecule has 1 fully saturated rings. The minimum Gasteiger partial charge on any atom is -0.561 e. The molecule has 2 N–H and O–H groups in total. The molecule has 0 spiro atoms. The van der Waals surface area contributed by atoms with E-state index in [1.54, 1.807) is 30.0 Å². The average Bonchev–Trinajstić information content (AvgIpc) is 2.68. The summed E-state index contributed by atoms with van der Waals surface area (Å²) in [6, 6.07) is 11.4. The van der Waals surface area contributed by atoms with Crippen LogP contribution in [0.5, 0.6) is 0 Å². The highest BCUT2D eigenvalue weighted by atomic mass is 16.6. The number of nitrogens with zero attached hydrogens (tertiary/aromatic N) is 2. The molecule has 0 atom stereocenters. The number of nitro benzene ring substituents is 1. The zero-order valence-corrected chi connectivity index (χ0v) is 15.0. The van der Waals surface area contributed by atoms with Crippen LogP contribution in [0.15, 0.2) is 42.5 Å². The zero-order chi connectivity index (χ0) is 19.6. The SMILES string of the molecule is Cc1ccc([N+](=O)[O-])cc1C(=O)N1CCC(c2ccc(C(=O)[OH2+])cc2)CC1. The number of non-ortho nitro benzene ring substituents is 1. The van der Waals surface area contributed by atoms with Crippen molar-refractivity contribution in [1.82, 2.24) is 4.90 Å². The molecule has 1 amide bonds. The number of carbonyl (C=O) groups is 2. The van der Waals surface area contributed by atoms with Crippen LogP contribution in [0.1, 0.15) is 50.6 Å². The summed E-state index contributed by atoms with van der Waals surface area (Å²) < 4.78 is 0. The number of piperidine rings is 1. The summed E-state index contributed by atoms with van der Waals surface area (Å²) in [4.78, 5) is 36.1. The molecule has 0 aliphatic carbocycles. The first-order chi connectivity index (χ1) is 12.9. The van der Waals surface area contributed by atoms with Crippen LogP contribution in [0, 0.1) is 17.0 Å². The van der Waals surface area contributed by atoms with E-state index in [1.165, 1.54) is 12.1 Å². The van der Waals surface area contributed by atoms with Crippen molar-refractivity contribution in [3.05, 3.63) is 74.8 Å². The fraction of sp³-hybridized carbons (Fsp3) is 0.300. The molecule has 0 bridgehead atoms. The van der Waals surface area contributed by atoms with E-state index < -0.39 is 10.9 Å². The number of amides is 1. The second-order valence-electron chi connectivity index (χ2n) is 6.77. The summed E-state index contributed by atoms with van der Waals surface area (Å²) in [5, 5.41) is 18.1. The molecule has 2 aromatic rings. The highest BCUT2D eigenvalue weighted by Gasteiger charge is 2.26. The van der Waals surface area contributed by atoms with Crippen molar-refractivity contribution in [3.63, 3.8) is 0 Å². The lowest BCUT2D eigenvalue weighted by Crippen LogP contribution is -2.38. The molecule has 1 saturated heterocycles. The Morgan fingerprint density at radius 1 is 1.11 bits per heavy atom. The summed E-state index contributed by atoms with van der Waals surface area (Å²) >= 11 is 0. The maximum absolute atomic E-state index is 12.8. The van der Waals surface area contributed by atoms with Crippen molar-refractivity contribution in [1.29, 1.82) is 0 Å². The van der Waals surface area contributed by atoms with E-state index in [2.05, 4.69) is 0 Å². The van der Waals surface area contributed by atoms with Crippen LogP contribution in [0.4, 0.5) is 5.69 Å². The van der Waals surface area contributed by atoms with E-state index in [-0.39, 0.29) is 17.5 Å². The number of rotatable bonds is 4. The number of hydrogen-bond donors (Lipinski definition) is 0. The van der Waals surface area contributed by atoms with Gasteiger partial charge in [0.25, 0.3) is 11.6 Å². The van der Waals surface area contributed by atoms with Crippen molar-refractivity contribution < 1.29 is 19.6 Å². The summed E-state index contributed by atoms with van der Waals surface area (Å²) in [7, 11) is 0. The molecule has 3 rings (SSSR count). The van der Waals surface area contributed by atoms with Gasteiger partial charge in [0.2, 0.25) is 0 Å². The van der Waals surface area contributed by atoms with E-state index in [0.29, 0.717) is 24.2 Å². The van der Waals surface area contributed by atoms with Gasteiger partial charge in [-0.2, -0.15) is 0 Å². The summed E-state index contributed by atoms with van der Waals surface area (Å²) in [5.74, 6) is -0.589. The van der Waals surface area contributed by atoms with Crippen molar-refractivity contribution in [2.24, 2.45) is 0 Å². The first-order valence-corrected chi connectivity index (χ1v) is 8.77. The van der Waals surface area contributed by atoms with Gasteiger partial charge in [0.1, 0.15) is 5.56 Å². The number of aryl methyl sites for hydroxylation is 1. The molecule has 0 aromatic heterocycles. The Hall–Kier alpha value is -3.22. The van der Waals surface area contributed by atoms with Gasteiger partial charge >= 0.3 is 5.97 Å². The van der Waals surface area contributed by atoms with Crippen molar-refractivity contribution >= 4 is 17.6 Å². The summed E-state index contributed by atoms with van der Waals surface area (Å²) in [5.41, 5.74) is 2.48. The van der Waals surface area contributed by atoms with Crippen LogP contribution < -0.4 is 0 Å². The Labute approximate surface area is 156 Å². The van der Waals surface area contributed by atoms with Gasteiger partial charge in [0, 0.05) is 35.6 Å². The Kier molecular flexibility index (Phi) is 5.21. The molecule has 27 heavy (non-hydrogen) atoms. The van der Waals surface area contributed by atoms with E-state index >= 15 is 0 Å². The highest BCUT2D eigenvalue weighted by Crippen LogP contribution is 2.29. The molecule has 0 radical (unpaired) electrons. The quantitative estimate of drug-likeness (QED) is 0.469. The topological polar surface area (TPSA) is 103 Å². The second kappa shape index (κ2) is 7.57. The highest BCUT2D eigenvalue weighted by molar-refractivity contribution is 5.96. The molecule has 140 valence electrons. The summed E-state index contributed by atoms with van der Waals surface area (Å²) in [6.07, 6.45) is 1.57. The lowest BCUT2D eigenvalue weighted by molar-refractivity contribution is -0.384. The van der Waals surface area contributed by atoms with Gasteiger partial charge in [-0.15, -0.1) is 0 Å². The molecular formula is C20H21N2O5+. The largest absolute Gasteiger partial charge is 0.561 e. The fourth-order valence-corrected chi connectivity index (χ4v) is 3.45. The Morgan fingerprint density at radius 2 is 1.74 bits per heavy atom. The summed E-state index contributed by atoms with van der Waals surface area (Å²) in [6.45, 7) is 2.92. The minimum atomic E-state index is -0.700. The molecule has 1 heterocycles. The molecule has 7 nitrogen and oxygen atoms in total. The maximum atomic E-state index is 12.8. The van der Waals surface area contributed by atoms with Gasteiger partial charge in [0.05, 0.1) is 4.92 Å². The molecular weight excluding hydrogens is 348 g/mol. The Balaban J connectivity index is 1.68. The monoisotopic (exact) mass is 369 g/mol. The zero-order valence-electron chi connectivity index (χ0n) is 15.0. The lowest BCUT2D eigenvalue weighted by Gasteiger charge is -2.32. The molecule has 7 heteroatoms. The first-order valence-electron chi connectivity index (χ1n) is 8.77. The normalized spacial score (nSPS) is 14.8. The van der Waals surface area contributed by atoms with Crippen LogP contribution in [-0.4, -0.2) is 39.9 Å². The van der Waals surface area contributed by atoms with Gasteiger partial charge in [0.15, 0.2) is 0 Å². The smallest absolute Gasteiger partial charge is 0.549 e. The van der Waals surface area contributed by atoms with E-state index in [4.69, 9.17) is 5.11 Å². The van der Waals surface area contributed by atoms with Gasteiger partial charge in [-0.05, 0) is 48.9 Å². The first kappa shape index (κ1) is 18.6. The van der Waals surface area contributed by atoms with Crippen LogP contribution >= 0.6 is 0 Å². The van der Waals surface area contributed by atoms with Crippen molar-refractivity contribution in [2.75, 3.05) is 13.1 Å². The molecule has 1 aliphatic heterocycles. The van der Waals surface area contributed by atoms with Crippen molar-refractivity contribution in [2.45, 2.75) is 25.7 Å². The standard InChI is InChI=1S/C20H20N2O5/c1-13-2-7-17(22(26)27)12-18(13)19(23)21-10-8-15(9-11-21)14-3-5-16(6-4-14)20(24)25/h2-7,12,15H,8-11H2,1H3,(H,24,25)/p+1. The molecule has 1 aliphatic rings. The van der Waals surface area contributed by atoms with Crippen LogP contribution in [0.3, 0.4) is 0 Å². The van der Waals surface area contributed by atoms with Crippen LogP contribution in [-0.2, 0) is 0 Å². The number of nitro groups is 1. The second-order valence-corrected chi connectivity index (χ2v) is 6.77. The predicted molar refractivity (Wildman–Crippen MR) is 100 cm³/mol. The van der Waals surface area contributed by atoms with E-state index in [1.807, 2.05) is 12.1 Å². The van der Waals surface area contributed by atoms with Crippen molar-refractivity contribution in [3.8, 4) is 0 Å². The number of carbonyl (C=O) groups excluding carboxylic acids is 2.